The van der Waals surface area contributed by atoms with Gasteiger partial charge in [-0.05, 0) is 47.8 Å². The maximum Gasteiger partial charge on any atom is 0.161 e. The predicted molar refractivity (Wildman–Crippen MR) is 86.8 cm³/mol. The average Bonchev–Trinajstić information content (AvgIpc) is 2.43. The SMILES string of the molecule is CCOC1CCN(c2ccc(C(N)=S)c(Br)c2F)CC1. The van der Waals surface area contributed by atoms with Gasteiger partial charge in [0.15, 0.2) is 5.82 Å². The normalized spacial score (nSPS) is 16.4. The van der Waals surface area contributed by atoms with Gasteiger partial charge in [0.1, 0.15) is 4.99 Å². The number of benzene rings is 1. The van der Waals surface area contributed by atoms with Crippen molar-refractivity contribution in [1.29, 1.82) is 0 Å². The first kappa shape index (κ1) is 15.7. The molecule has 0 saturated carbocycles. The molecule has 1 saturated heterocycles. The van der Waals surface area contributed by atoms with Gasteiger partial charge in [0.25, 0.3) is 0 Å². The van der Waals surface area contributed by atoms with Crippen molar-refractivity contribution < 1.29 is 9.13 Å². The Labute approximate surface area is 132 Å². The van der Waals surface area contributed by atoms with Gasteiger partial charge < -0.3 is 15.4 Å². The maximum atomic E-state index is 14.4. The topological polar surface area (TPSA) is 38.5 Å². The summed E-state index contributed by atoms with van der Waals surface area (Å²) < 4.78 is 20.4. The van der Waals surface area contributed by atoms with E-state index >= 15 is 0 Å². The molecule has 0 amide bonds. The number of hydrogen-bond donors (Lipinski definition) is 1. The molecule has 0 radical (unpaired) electrons. The first-order chi connectivity index (χ1) is 9.54. The zero-order chi connectivity index (χ0) is 14.7. The van der Waals surface area contributed by atoms with Crippen LogP contribution in [-0.2, 0) is 4.74 Å². The van der Waals surface area contributed by atoms with E-state index in [0.717, 1.165) is 32.5 Å². The Morgan fingerprint density at radius 1 is 1.50 bits per heavy atom. The number of ether oxygens (including phenoxy) is 1. The number of piperidine rings is 1. The fraction of sp³-hybridized carbons (Fsp3) is 0.500. The minimum absolute atomic E-state index is 0.192. The van der Waals surface area contributed by atoms with E-state index in [2.05, 4.69) is 15.9 Å². The van der Waals surface area contributed by atoms with Crippen molar-refractivity contribution in [2.45, 2.75) is 25.9 Å². The second-order valence-electron chi connectivity index (χ2n) is 4.77. The number of rotatable bonds is 4. The molecule has 0 atom stereocenters. The van der Waals surface area contributed by atoms with Crippen LogP contribution in [-0.4, -0.2) is 30.8 Å². The fourth-order valence-corrected chi connectivity index (χ4v) is 3.32. The standard InChI is InChI=1S/C14H18BrFN2OS/c1-2-19-9-5-7-18(8-6-9)11-4-3-10(14(17)20)12(15)13(11)16/h3-4,9H,2,5-8H2,1H3,(H2,17,20). The van der Waals surface area contributed by atoms with Crippen LogP contribution in [0.25, 0.3) is 0 Å². The van der Waals surface area contributed by atoms with Crippen LogP contribution < -0.4 is 10.6 Å². The molecule has 1 fully saturated rings. The van der Waals surface area contributed by atoms with Crippen LogP contribution in [0, 0.1) is 5.82 Å². The Bertz CT molecular complexity index is 504. The Kier molecular flexibility index (Phi) is 5.35. The van der Waals surface area contributed by atoms with Crippen LogP contribution in [0.5, 0.6) is 0 Å². The van der Waals surface area contributed by atoms with E-state index in [4.69, 9.17) is 22.7 Å². The van der Waals surface area contributed by atoms with Gasteiger partial charge in [-0.15, -0.1) is 0 Å². The number of nitrogens with zero attached hydrogens (tertiary/aromatic N) is 1. The first-order valence-electron chi connectivity index (χ1n) is 6.69. The Morgan fingerprint density at radius 3 is 2.70 bits per heavy atom. The van der Waals surface area contributed by atoms with Crippen LogP contribution in [0.15, 0.2) is 16.6 Å². The van der Waals surface area contributed by atoms with Crippen LogP contribution in [0.1, 0.15) is 25.3 Å². The molecule has 2 N–H and O–H groups in total. The van der Waals surface area contributed by atoms with Crippen LogP contribution in [0.4, 0.5) is 10.1 Å². The average molecular weight is 361 g/mol. The van der Waals surface area contributed by atoms with E-state index in [1.54, 1.807) is 12.1 Å². The molecule has 0 spiro atoms. The summed E-state index contributed by atoms with van der Waals surface area (Å²) in [5, 5.41) is 0. The van der Waals surface area contributed by atoms with Crippen molar-refractivity contribution >= 4 is 38.8 Å². The van der Waals surface area contributed by atoms with Gasteiger partial charge >= 0.3 is 0 Å². The number of nitrogens with two attached hydrogens (primary N) is 1. The Morgan fingerprint density at radius 2 is 2.15 bits per heavy atom. The summed E-state index contributed by atoms with van der Waals surface area (Å²) >= 11 is 8.15. The van der Waals surface area contributed by atoms with Gasteiger partial charge in [0.05, 0.1) is 16.3 Å². The van der Waals surface area contributed by atoms with E-state index in [0.29, 0.717) is 21.8 Å². The predicted octanol–water partition coefficient (Wildman–Crippen LogP) is 3.23. The lowest BCUT2D eigenvalue weighted by atomic mass is 10.1. The van der Waals surface area contributed by atoms with E-state index in [1.807, 2.05) is 11.8 Å². The lowest BCUT2D eigenvalue weighted by Gasteiger charge is -2.33. The molecule has 2 rings (SSSR count). The third kappa shape index (κ3) is 3.30. The fourth-order valence-electron chi connectivity index (χ4n) is 2.47. The van der Waals surface area contributed by atoms with E-state index in [1.165, 1.54) is 0 Å². The van der Waals surface area contributed by atoms with Gasteiger partial charge in [0, 0.05) is 25.3 Å². The third-order valence-corrected chi connectivity index (χ3v) is 4.51. The van der Waals surface area contributed by atoms with Crippen molar-refractivity contribution in [3.63, 3.8) is 0 Å². The molecule has 110 valence electrons. The number of halogens is 2. The smallest absolute Gasteiger partial charge is 0.161 e. The van der Waals surface area contributed by atoms with Gasteiger partial charge in [-0.2, -0.15) is 0 Å². The molecule has 3 nitrogen and oxygen atoms in total. The molecule has 1 aromatic rings. The maximum absolute atomic E-state index is 14.4. The zero-order valence-electron chi connectivity index (χ0n) is 11.4. The summed E-state index contributed by atoms with van der Waals surface area (Å²) in [5.41, 5.74) is 6.69. The minimum atomic E-state index is -0.301. The van der Waals surface area contributed by atoms with Crippen molar-refractivity contribution in [2.24, 2.45) is 5.73 Å². The van der Waals surface area contributed by atoms with E-state index in [9.17, 15) is 4.39 Å². The van der Waals surface area contributed by atoms with Crippen LogP contribution >= 0.6 is 28.1 Å². The Balaban J connectivity index is 2.15. The molecule has 0 unspecified atom stereocenters. The second kappa shape index (κ2) is 6.83. The van der Waals surface area contributed by atoms with Gasteiger partial charge in [-0.3, -0.25) is 0 Å². The quantitative estimate of drug-likeness (QED) is 0.836. The molecule has 1 aliphatic heterocycles. The van der Waals surface area contributed by atoms with Crippen molar-refractivity contribution in [3.05, 3.63) is 28.0 Å². The largest absolute Gasteiger partial charge is 0.389 e. The monoisotopic (exact) mass is 360 g/mol. The molecule has 0 bridgehead atoms. The molecule has 1 aliphatic rings. The minimum Gasteiger partial charge on any atom is -0.389 e. The van der Waals surface area contributed by atoms with E-state index in [-0.39, 0.29) is 10.8 Å². The van der Waals surface area contributed by atoms with E-state index < -0.39 is 0 Å². The molecule has 20 heavy (non-hydrogen) atoms. The summed E-state index contributed by atoms with van der Waals surface area (Å²) in [5.74, 6) is -0.301. The van der Waals surface area contributed by atoms with Crippen LogP contribution in [0.3, 0.4) is 0 Å². The van der Waals surface area contributed by atoms with Crippen molar-refractivity contribution in [3.8, 4) is 0 Å². The summed E-state index contributed by atoms with van der Waals surface area (Å²) in [7, 11) is 0. The van der Waals surface area contributed by atoms with Gasteiger partial charge in [0.2, 0.25) is 0 Å². The molecular weight excluding hydrogens is 343 g/mol. The number of anilines is 1. The highest BCUT2D eigenvalue weighted by molar-refractivity contribution is 9.10. The summed E-state index contributed by atoms with van der Waals surface area (Å²) in [4.78, 5) is 2.23. The van der Waals surface area contributed by atoms with Crippen molar-refractivity contribution in [2.75, 3.05) is 24.6 Å². The van der Waals surface area contributed by atoms with Crippen molar-refractivity contribution in [1.82, 2.24) is 0 Å². The number of hydrogen-bond acceptors (Lipinski definition) is 3. The lowest BCUT2D eigenvalue weighted by Crippen LogP contribution is -2.37. The highest BCUT2D eigenvalue weighted by Crippen LogP contribution is 2.31. The summed E-state index contributed by atoms with van der Waals surface area (Å²) in [6.45, 7) is 4.31. The molecule has 1 heterocycles. The van der Waals surface area contributed by atoms with Gasteiger partial charge in [-0.25, -0.2) is 4.39 Å². The highest BCUT2D eigenvalue weighted by Gasteiger charge is 2.23. The zero-order valence-corrected chi connectivity index (χ0v) is 13.8. The molecule has 0 aromatic heterocycles. The summed E-state index contributed by atoms with van der Waals surface area (Å²) in [6, 6.07) is 3.51. The highest BCUT2D eigenvalue weighted by atomic mass is 79.9. The third-order valence-electron chi connectivity index (χ3n) is 3.51. The molecule has 6 heteroatoms. The van der Waals surface area contributed by atoms with Crippen LogP contribution in [0.2, 0.25) is 0 Å². The first-order valence-corrected chi connectivity index (χ1v) is 7.89. The molecular formula is C14H18BrFN2OS. The number of thiocarbonyl (C=S) groups is 1. The second-order valence-corrected chi connectivity index (χ2v) is 6.00. The Hall–Kier alpha value is -0.720. The summed E-state index contributed by atoms with van der Waals surface area (Å²) in [6.07, 6.45) is 2.13. The molecule has 1 aromatic carbocycles. The van der Waals surface area contributed by atoms with Gasteiger partial charge in [-0.1, -0.05) is 12.2 Å². The molecule has 0 aliphatic carbocycles. The lowest BCUT2D eigenvalue weighted by molar-refractivity contribution is 0.0458.